The van der Waals surface area contributed by atoms with E-state index in [-0.39, 0.29) is 6.16 Å². The number of unbranched alkanes of at least 4 members (excludes halogenated alkanes) is 55. The summed E-state index contributed by atoms with van der Waals surface area (Å²) in [6.07, 6.45) is 76.2. The Morgan fingerprint density at radius 1 is 0.198 bits per heavy atom. The molecule has 0 saturated carbocycles. The Morgan fingerprint density at radius 2 is 0.317 bits per heavy atom. The minimum Gasteiger partial charge on any atom is -0.490 e. The highest BCUT2D eigenvalue weighted by atomic mass is 31.2. The zero-order chi connectivity index (χ0) is 72.0. The van der Waals surface area contributed by atoms with Gasteiger partial charge in [0.05, 0.1) is 39.6 Å². The molecule has 0 spiro atoms. The van der Waals surface area contributed by atoms with E-state index in [0.717, 1.165) is 125 Å². The van der Waals surface area contributed by atoms with Crippen LogP contribution in [0.1, 0.15) is 426 Å². The number of fused-ring (bicyclic) bond motifs is 6. The molecule has 582 valence electrons. The van der Waals surface area contributed by atoms with Crippen LogP contribution in [-0.2, 0) is 4.57 Å². The highest BCUT2D eigenvalue weighted by molar-refractivity contribution is 7.51. The normalized spacial score (nSPS) is 11.9. The molecule has 0 aliphatic heterocycles. The van der Waals surface area contributed by atoms with E-state index in [1.807, 2.05) is 0 Å². The average molecular weight is 1430 g/mol. The lowest BCUT2D eigenvalue weighted by atomic mass is 9.93. The van der Waals surface area contributed by atoms with Crippen molar-refractivity contribution in [2.45, 2.75) is 426 Å². The van der Waals surface area contributed by atoms with Gasteiger partial charge in [0.1, 0.15) is 0 Å². The molecule has 0 amide bonds. The van der Waals surface area contributed by atoms with E-state index in [0.29, 0.717) is 46.1 Å². The first-order chi connectivity index (χ1) is 49.7. The first kappa shape index (κ1) is 90.0. The molecule has 101 heavy (non-hydrogen) atoms. The van der Waals surface area contributed by atoms with Crippen molar-refractivity contribution in [2.24, 2.45) is 0 Å². The Kier molecular flexibility index (Phi) is 55.9. The molecule has 0 fully saturated rings. The van der Waals surface area contributed by atoms with Crippen LogP contribution in [0, 0.1) is 0 Å². The molecular weight excluding hydrogens is 1270 g/mol. The van der Waals surface area contributed by atoms with Crippen molar-refractivity contribution in [1.29, 1.82) is 0 Å². The van der Waals surface area contributed by atoms with E-state index >= 15 is 0 Å². The van der Waals surface area contributed by atoms with Crippen LogP contribution in [0.25, 0.3) is 32.3 Å². The van der Waals surface area contributed by atoms with Crippen molar-refractivity contribution in [1.82, 2.24) is 0 Å². The minimum absolute atomic E-state index is 0.0310. The van der Waals surface area contributed by atoms with Crippen molar-refractivity contribution in [3.05, 3.63) is 36.4 Å². The van der Waals surface area contributed by atoms with Gasteiger partial charge in [-0.3, -0.25) is 4.57 Å². The fraction of sp³-hybridized carbons (Fsp3) is 0.802. The molecule has 0 unspecified atom stereocenters. The average Bonchev–Trinajstić information content (AvgIpc) is 0.728. The summed E-state index contributed by atoms with van der Waals surface area (Å²) in [7, 11) is -3.85. The zero-order valence-corrected chi connectivity index (χ0v) is 67.6. The molecule has 0 aliphatic carbocycles. The Labute approximate surface area is 622 Å². The van der Waals surface area contributed by atoms with Crippen LogP contribution >= 0.6 is 7.60 Å². The Bertz CT molecular complexity index is 2550. The topological polar surface area (TPSA) is 113 Å². The fourth-order valence-corrected chi connectivity index (χ4v) is 15.4. The summed E-state index contributed by atoms with van der Waals surface area (Å²) in [5.74, 6) is 5.02. The highest BCUT2D eigenvalue weighted by Gasteiger charge is 2.21. The summed E-state index contributed by atoms with van der Waals surface area (Å²) < 4.78 is 53.0. The molecule has 0 aromatic heterocycles. The molecule has 0 bridgehead atoms. The second-order valence-electron chi connectivity index (χ2n) is 30.8. The Morgan fingerprint density at radius 3 is 0.446 bits per heavy atom. The second-order valence-corrected chi connectivity index (χ2v) is 32.6. The molecule has 0 aliphatic rings. The summed E-state index contributed by atoms with van der Waals surface area (Å²) in [5, 5.41) is 6.83. The van der Waals surface area contributed by atoms with Crippen LogP contribution in [0.15, 0.2) is 36.4 Å². The number of hydrogen-bond donors (Lipinski definition) is 2. The second kappa shape index (κ2) is 62.8. The van der Waals surface area contributed by atoms with Gasteiger partial charge in [-0.2, -0.15) is 0 Å². The summed E-state index contributed by atoms with van der Waals surface area (Å²) in [5.41, 5.74) is 0. The van der Waals surface area contributed by atoms with Gasteiger partial charge in [0.15, 0.2) is 34.5 Å². The molecule has 9 nitrogen and oxygen atoms in total. The van der Waals surface area contributed by atoms with Gasteiger partial charge < -0.3 is 38.2 Å². The molecule has 0 atom stereocenters. The fourth-order valence-electron chi connectivity index (χ4n) is 14.7. The minimum atomic E-state index is -3.85. The predicted octanol–water partition coefficient (Wildman–Crippen LogP) is 30.5. The Hall–Kier alpha value is -3.39. The van der Waals surface area contributed by atoms with Crippen LogP contribution in [0.3, 0.4) is 0 Å². The van der Waals surface area contributed by atoms with Gasteiger partial charge >= 0.3 is 7.60 Å². The van der Waals surface area contributed by atoms with E-state index in [9.17, 15) is 4.57 Å². The molecule has 2 N–H and O–H groups in total. The number of hydrogen-bond acceptors (Lipinski definition) is 7. The first-order valence-electron chi connectivity index (χ1n) is 44.1. The van der Waals surface area contributed by atoms with Crippen LogP contribution in [0.5, 0.6) is 34.5 Å². The van der Waals surface area contributed by atoms with E-state index in [2.05, 4.69) is 71.0 Å². The van der Waals surface area contributed by atoms with Crippen LogP contribution in [0.2, 0.25) is 0 Å². The third-order valence-corrected chi connectivity index (χ3v) is 22.1. The van der Waals surface area contributed by atoms with Crippen molar-refractivity contribution < 1.29 is 42.8 Å². The molecule has 10 heteroatoms. The Balaban J connectivity index is 1.69. The van der Waals surface area contributed by atoms with Crippen molar-refractivity contribution in [2.75, 3.05) is 45.8 Å². The molecule has 0 saturated heterocycles. The highest BCUT2D eigenvalue weighted by Crippen LogP contribution is 2.48. The van der Waals surface area contributed by atoms with E-state index in [1.54, 1.807) is 0 Å². The van der Waals surface area contributed by atoms with Crippen molar-refractivity contribution >= 4 is 39.9 Å². The maximum absolute atomic E-state index is 11.1. The lowest BCUT2D eigenvalue weighted by Crippen LogP contribution is -2.05. The summed E-state index contributed by atoms with van der Waals surface area (Å²) in [4.78, 5) is 18.2. The van der Waals surface area contributed by atoms with Crippen LogP contribution < -0.4 is 28.4 Å². The van der Waals surface area contributed by atoms with Crippen LogP contribution in [0.4, 0.5) is 0 Å². The number of benzene rings is 4. The third kappa shape index (κ3) is 44.4. The maximum Gasteiger partial charge on any atom is 0.325 e. The largest absolute Gasteiger partial charge is 0.490 e. The van der Waals surface area contributed by atoms with Crippen LogP contribution in [-0.4, -0.2) is 55.6 Å². The SMILES string of the molecule is CCCCCCCCCCCOc1cc2c3cc(OCCCCCCCCCCC)c(OCCCCCCCCCCC)cc3c3cc(OCCCCCCCCCCCCCCCCCCP(=O)(O)O)c(OCCCCCCCCCCC)cc3c2cc1OCCCCCCCCCCC. The quantitative estimate of drug-likeness (QED) is 0.0253. The molecule has 0 heterocycles. The van der Waals surface area contributed by atoms with Gasteiger partial charge in [-0.05, 0) is 114 Å². The van der Waals surface area contributed by atoms with E-state index in [4.69, 9.17) is 38.2 Å². The summed E-state index contributed by atoms with van der Waals surface area (Å²) in [6, 6.07) is 13.9. The van der Waals surface area contributed by atoms with Crippen molar-refractivity contribution in [3.63, 3.8) is 0 Å². The van der Waals surface area contributed by atoms with Gasteiger partial charge in [-0.25, -0.2) is 0 Å². The molecule has 4 aromatic rings. The van der Waals surface area contributed by atoms with Gasteiger partial charge in [-0.1, -0.05) is 381 Å². The lowest BCUT2D eigenvalue weighted by Gasteiger charge is -2.21. The first-order valence-corrected chi connectivity index (χ1v) is 45.9. The molecule has 4 rings (SSSR count). The predicted molar refractivity (Wildman–Crippen MR) is 439 cm³/mol. The van der Waals surface area contributed by atoms with Gasteiger partial charge in [0, 0.05) is 6.16 Å². The maximum atomic E-state index is 11.1. The van der Waals surface area contributed by atoms with Gasteiger partial charge in [0.2, 0.25) is 0 Å². The molecule has 0 radical (unpaired) electrons. The lowest BCUT2D eigenvalue weighted by molar-refractivity contribution is 0.258. The van der Waals surface area contributed by atoms with Gasteiger partial charge in [0.25, 0.3) is 0 Å². The van der Waals surface area contributed by atoms with Crippen molar-refractivity contribution in [3.8, 4) is 34.5 Å². The molecule has 4 aromatic carbocycles. The summed E-state index contributed by atoms with van der Waals surface area (Å²) >= 11 is 0. The van der Waals surface area contributed by atoms with E-state index < -0.39 is 7.60 Å². The monoisotopic (exact) mass is 1430 g/mol. The smallest absolute Gasteiger partial charge is 0.325 e. The van der Waals surface area contributed by atoms with Gasteiger partial charge in [-0.15, -0.1) is 0 Å². The standard InChI is InChI=1S/C91H159O9P/c1-6-11-16-21-26-39-46-53-60-67-95-86-74-80-81-75-87(96-68-61-54-47-40-27-22-17-12-7-2)89(98-70-63-56-49-42-29-24-19-14-9-4)77-83(81)85-79-91(100-72-65-58-51-44-37-35-33-31-32-34-36-38-45-52-59-66-73-101(92,93)94)90(99-71-64-57-50-43-30-25-20-15-10-5)78-84(85)82(80)76-88(86)97-69-62-55-48-41-28-23-18-13-8-3/h74-79H,6-73H2,1-5H3,(H2,92,93,94). The number of rotatable bonds is 75. The third-order valence-electron chi connectivity index (χ3n) is 21.3. The number of ether oxygens (including phenoxy) is 6. The summed E-state index contributed by atoms with van der Waals surface area (Å²) in [6.45, 7) is 15.5. The zero-order valence-electron chi connectivity index (χ0n) is 66.7. The molecular formula is C91H159O9P. The van der Waals surface area contributed by atoms with E-state index in [1.165, 1.54) is 327 Å².